The summed E-state index contributed by atoms with van der Waals surface area (Å²) in [4.78, 5) is 20.4. The summed E-state index contributed by atoms with van der Waals surface area (Å²) in [5, 5.41) is 3.08. The molecule has 1 fully saturated rings. The van der Waals surface area contributed by atoms with Crippen molar-refractivity contribution in [3.8, 4) is 0 Å². The van der Waals surface area contributed by atoms with Gasteiger partial charge in [-0.2, -0.15) is 0 Å². The van der Waals surface area contributed by atoms with Crippen LogP contribution in [-0.2, 0) is 6.54 Å². The fourth-order valence-corrected chi connectivity index (χ4v) is 4.03. The Kier molecular flexibility index (Phi) is 3.89. The molecule has 0 bridgehead atoms. The van der Waals surface area contributed by atoms with Crippen LogP contribution in [0.3, 0.4) is 0 Å². The van der Waals surface area contributed by atoms with Crippen LogP contribution in [0.1, 0.15) is 52.8 Å². The summed E-state index contributed by atoms with van der Waals surface area (Å²) in [6.07, 6.45) is 3.33. The lowest BCUT2D eigenvalue weighted by Gasteiger charge is -2.25. The normalized spacial score (nSPS) is 14.8. The molecule has 0 spiro atoms. The molecule has 0 aliphatic heterocycles. The van der Waals surface area contributed by atoms with Crippen LogP contribution in [0.15, 0.2) is 17.5 Å². The molecule has 2 aromatic heterocycles. The molecular weight excluding hydrogens is 288 g/mol. The third kappa shape index (κ3) is 2.79. The Balaban J connectivity index is 1.88. The molecule has 0 unspecified atom stereocenters. The van der Waals surface area contributed by atoms with E-state index in [1.165, 1.54) is 29.1 Å². The maximum atomic E-state index is 11.2. The molecular formula is C15H18N2OS2. The average molecular weight is 306 g/mol. The summed E-state index contributed by atoms with van der Waals surface area (Å²) in [7, 11) is 0. The van der Waals surface area contributed by atoms with Crippen LogP contribution in [0.4, 0.5) is 5.13 Å². The summed E-state index contributed by atoms with van der Waals surface area (Å²) in [6, 6.07) is 4.60. The van der Waals surface area contributed by atoms with Gasteiger partial charge in [0, 0.05) is 16.8 Å². The van der Waals surface area contributed by atoms with Crippen molar-refractivity contribution < 1.29 is 4.79 Å². The lowest BCUT2D eigenvalue weighted by atomic mass is 10.2. The van der Waals surface area contributed by atoms with Gasteiger partial charge in [0.1, 0.15) is 0 Å². The molecule has 0 aromatic carbocycles. The first kappa shape index (κ1) is 13.8. The average Bonchev–Trinajstić information content (AvgIpc) is 2.99. The van der Waals surface area contributed by atoms with E-state index in [0.29, 0.717) is 12.0 Å². The predicted octanol–water partition coefficient (Wildman–Crippen LogP) is 4.31. The number of carbonyl (C=O) groups excluding carboxylic acids is 1. The van der Waals surface area contributed by atoms with E-state index >= 15 is 0 Å². The zero-order chi connectivity index (χ0) is 14.1. The lowest BCUT2D eigenvalue weighted by molar-refractivity contribution is 0.112. The molecule has 1 aliphatic rings. The molecule has 2 aromatic rings. The van der Waals surface area contributed by atoms with Crippen LogP contribution in [-0.4, -0.2) is 17.3 Å². The summed E-state index contributed by atoms with van der Waals surface area (Å²) in [5.74, 6) is 0.524. The lowest BCUT2D eigenvalue weighted by Crippen LogP contribution is -2.29. The van der Waals surface area contributed by atoms with Gasteiger partial charge in [0.15, 0.2) is 11.4 Å². The molecule has 3 nitrogen and oxygen atoms in total. The highest BCUT2D eigenvalue weighted by Gasteiger charge is 2.30. The quantitative estimate of drug-likeness (QED) is 0.746. The molecule has 0 atom stereocenters. The number of hydrogen-bond acceptors (Lipinski definition) is 5. The Morgan fingerprint density at radius 2 is 2.30 bits per heavy atom. The standard InChI is InChI=1S/C15H18N2OS2/c1-10(2)17(8-12-4-3-7-19-12)15-16-14(11-5-6-11)13(9-18)20-15/h3-4,7,9-11H,5-6,8H2,1-2H3. The maximum absolute atomic E-state index is 11.2. The minimum absolute atomic E-state index is 0.370. The van der Waals surface area contributed by atoms with Gasteiger partial charge in [-0.05, 0) is 38.1 Å². The van der Waals surface area contributed by atoms with E-state index in [1.54, 1.807) is 11.3 Å². The van der Waals surface area contributed by atoms with Crippen molar-refractivity contribution in [2.45, 2.75) is 45.2 Å². The summed E-state index contributed by atoms with van der Waals surface area (Å²) >= 11 is 3.30. The number of thiazole rings is 1. The molecule has 0 N–H and O–H groups in total. The number of anilines is 1. The van der Waals surface area contributed by atoms with E-state index < -0.39 is 0 Å². The van der Waals surface area contributed by atoms with Crippen LogP contribution in [0.25, 0.3) is 0 Å². The van der Waals surface area contributed by atoms with Crippen LogP contribution < -0.4 is 4.90 Å². The van der Waals surface area contributed by atoms with E-state index in [1.807, 2.05) is 0 Å². The van der Waals surface area contributed by atoms with E-state index in [0.717, 1.165) is 28.5 Å². The Labute approximate surface area is 127 Å². The van der Waals surface area contributed by atoms with E-state index in [-0.39, 0.29) is 0 Å². The number of aldehydes is 1. The topological polar surface area (TPSA) is 33.2 Å². The van der Waals surface area contributed by atoms with Gasteiger partial charge in [0.25, 0.3) is 0 Å². The predicted molar refractivity (Wildman–Crippen MR) is 85.1 cm³/mol. The second kappa shape index (κ2) is 5.66. The third-order valence-corrected chi connectivity index (χ3v) is 5.41. The Bertz CT molecular complexity index is 585. The number of rotatable bonds is 6. The van der Waals surface area contributed by atoms with Crippen LogP contribution in [0, 0.1) is 0 Å². The van der Waals surface area contributed by atoms with Crippen molar-refractivity contribution in [2.75, 3.05) is 4.90 Å². The van der Waals surface area contributed by atoms with Gasteiger partial charge in [-0.25, -0.2) is 4.98 Å². The molecule has 20 heavy (non-hydrogen) atoms. The molecule has 1 saturated carbocycles. The first-order valence-electron chi connectivity index (χ1n) is 6.94. The fraction of sp³-hybridized carbons (Fsp3) is 0.467. The van der Waals surface area contributed by atoms with Gasteiger partial charge < -0.3 is 4.90 Å². The number of carbonyl (C=O) groups is 1. The van der Waals surface area contributed by atoms with E-state index in [9.17, 15) is 4.79 Å². The first-order chi connectivity index (χ1) is 9.69. The molecule has 5 heteroatoms. The zero-order valence-corrected chi connectivity index (χ0v) is 13.3. The van der Waals surface area contributed by atoms with Crippen molar-refractivity contribution in [3.63, 3.8) is 0 Å². The first-order valence-corrected chi connectivity index (χ1v) is 8.63. The van der Waals surface area contributed by atoms with Gasteiger partial charge in [0.05, 0.1) is 17.1 Å². The van der Waals surface area contributed by atoms with Crippen LogP contribution in [0.2, 0.25) is 0 Å². The summed E-state index contributed by atoms with van der Waals surface area (Å²) < 4.78 is 0. The number of aromatic nitrogens is 1. The Hall–Kier alpha value is -1.20. The van der Waals surface area contributed by atoms with Crippen molar-refractivity contribution >= 4 is 34.1 Å². The third-order valence-electron chi connectivity index (χ3n) is 3.52. The molecule has 3 rings (SSSR count). The molecule has 0 amide bonds. The fourth-order valence-electron chi connectivity index (χ4n) is 2.23. The van der Waals surface area contributed by atoms with Crippen molar-refractivity contribution in [1.82, 2.24) is 4.98 Å². The number of nitrogens with zero attached hydrogens (tertiary/aromatic N) is 2. The number of hydrogen-bond donors (Lipinski definition) is 0. The molecule has 0 radical (unpaired) electrons. The maximum Gasteiger partial charge on any atom is 0.186 e. The van der Waals surface area contributed by atoms with Crippen molar-refractivity contribution in [2.24, 2.45) is 0 Å². The van der Waals surface area contributed by atoms with Gasteiger partial charge in [-0.3, -0.25) is 4.79 Å². The Morgan fingerprint density at radius 3 is 2.85 bits per heavy atom. The summed E-state index contributed by atoms with van der Waals surface area (Å²) in [5.41, 5.74) is 1.02. The van der Waals surface area contributed by atoms with Crippen molar-refractivity contribution in [1.29, 1.82) is 0 Å². The minimum atomic E-state index is 0.370. The van der Waals surface area contributed by atoms with Gasteiger partial charge in [-0.1, -0.05) is 17.4 Å². The molecule has 0 saturated heterocycles. The highest BCUT2D eigenvalue weighted by Crippen LogP contribution is 2.44. The van der Waals surface area contributed by atoms with Crippen LogP contribution >= 0.6 is 22.7 Å². The summed E-state index contributed by atoms with van der Waals surface area (Å²) in [6.45, 7) is 5.21. The van der Waals surface area contributed by atoms with E-state index in [2.05, 4.69) is 36.3 Å². The van der Waals surface area contributed by atoms with E-state index in [4.69, 9.17) is 4.98 Å². The highest BCUT2D eigenvalue weighted by atomic mass is 32.1. The van der Waals surface area contributed by atoms with Gasteiger partial charge in [-0.15, -0.1) is 11.3 Å². The smallest absolute Gasteiger partial charge is 0.186 e. The zero-order valence-electron chi connectivity index (χ0n) is 11.7. The van der Waals surface area contributed by atoms with Gasteiger partial charge >= 0.3 is 0 Å². The monoisotopic (exact) mass is 306 g/mol. The van der Waals surface area contributed by atoms with Crippen molar-refractivity contribution in [3.05, 3.63) is 33.0 Å². The largest absolute Gasteiger partial charge is 0.341 e. The Morgan fingerprint density at radius 1 is 1.50 bits per heavy atom. The number of thiophene rings is 1. The minimum Gasteiger partial charge on any atom is -0.341 e. The second-order valence-corrected chi connectivity index (χ2v) is 7.48. The van der Waals surface area contributed by atoms with Crippen LogP contribution in [0.5, 0.6) is 0 Å². The molecule has 1 aliphatic carbocycles. The molecule has 106 valence electrons. The second-order valence-electron chi connectivity index (χ2n) is 5.44. The SMILES string of the molecule is CC(C)N(Cc1cccs1)c1nc(C2CC2)c(C=O)s1. The highest BCUT2D eigenvalue weighted by molar-refractivity contribution is 7.17. The molecule has 2 heterocycles. The van der Waals surface area contributed by atoms with Gasteiger partial charge in [0.2, 0.25) is 0 Å².